The molecule has 0 aromatic heterocycles. The van der Waals surface area contributed by atoms with E-state index in [4.69, 9.17) is 0 Å². The normalized spacial score (nSPS) is 17.5. The highest BCUT2D eigenvalue weighted by atomic mass is 127. The molecule has 0 radical (unpaired) electrons. The van der Waals surface area contributed by atoms with Crippen LogP contribution in [0.5, 0.6) is 0 Å². The third-order valence-electron chi connectivity index (χ3n) is 3.86. The second kappa shape index (κ2) is 6.23. The second-order valence-electron chi connectivity index (χ2n) is 5.29. The van der Waals surface area contributed by atoms with Crippen molar-refractivity contribution >= 4 is 35.0 Å². The summed E-state index contributed by atoms with van der Waals surface area (Å²) in [6.07, 6.45) is 0. The number of halogens is 4. The number of hydrogen-bond donors (Lipinski definition) is 1. The maximum atomic E-state index is 13.2. The van der Waals surface area contributed by atoms with Crippen LogP contribution < -0.4 is 10.8 Å². The molecular weight excluding hydrogens is 379 g/mol. The van der Waals surface area contributed by atoms with Gasteiger partial charge in [0.15, 0.2) is 0 Å². The Balaban J connectivity index is 2.34. The highest BCUT2D eigenvalue weighted by Gasteiger charge is 2.29. The first-order valence-electron chi connectivity index (χ1n) is 6.72. The van der Waals surface area contributed by atoms with Gasteiger partial charge in [0.25, 0.3) is 0 Å². The van der Waals surface area contributed by atoms with E-state index in [2.05, 4.69) is 10.2 Å². The van der Waals surface area contributed by atoms with Crippen LogP contribution in [-0.2, 0) is 6.54 Å². The van der Waals surface area contributed by atoms with Crippen molar-refractivity contribution in [2.24, 2.45) is 0 Å². The van der Waals surface area contributed by atoms with Gasteiger partial charge in [0, 0.05) is 36.3 Å². The second-order valence-corrected chi connectivity index (χ2v) is 6.37. The van der Waals surface area contributed by atoms with E-state index in [0.717, 1.165) is 40.9 Å². The molecule has 1 saturated heterocycles. The highest BCUT2D eigenvalue weighted by Crippen LogP contribution is 2.24. The SMILES string of the molecule is Cc1c(CN2CCNCC2)cc([B-](F)(F)F)c(C)c1I. The quantitative estimate of drug-likeness (QED) is 0.623. The molecule has 0 unspecified atom stereocenters. The molecule has 0 atom stereocenters. The van der Waals surface area contributed by atoms with Crippen LogP contribution in [0.3, 0.4) is 0 Å². The molecule has 1 aliphatic heterocycles. The van der Waals surface area contributed by atoms with Crippen molar-refractivity contribution in [3.8, 4) is 0 Å². The summed E-state index contributed by atoms with van der Waals surface area (Å²) in [5.74, 6) is 0. The van der Waals surface area contributed by atoms with E-state index in [0.29, 0.717) is 12.1 Å². The van der Waals surface area contributed by atoms with Crippen molar-refractivity contribution in [2.75, 3.05) is 26.2 Å². The van der Waals surface area contributed by atoms with Gasteiger partial charge in [-0.05, 0) is 47.6 Å². The highest BCUT2D eigenvalue weighted by molar-refractivity contribution is 14.1. The lowest BCUT2D eigenvalue weighted by Crippen LogP contribution is -2.43. The predicted molar refractivity (Wildman–Crippen MR) is 85.5 cm³/mol. The lowest BCUT2D eigenvalue weighted by molar-refractivity contribution is 0.233. The lowest BCUT2D eigenvalue weighted by Gasteiger charge is -2.29. The van der Waals surface area contributed by atoms with Crippen molar-refractivity contribution < 1.29 is 12.9 Å². The average Bonchev–Trinajstić information content (AvgIpc) is 2.39. The summed E-state index contributed by atoms with van der Waals surface area (Å²) in [5, 5.41) is 3.25. The number of hydrogen-bond acceptors (Lipinski definition) is 2. The van der Waals surface area contributed by atoms with E-state index >= 15 is 0 Å². The van der Waals surface area contributed by atoms with Crippen molar-refractivity contribution in [3.63, 3.8) is 0 Å². The van der Waals surface area contributed by atoms with Gasteiger partial charge >= 0.3 is 6.98 Å². The molecule has 1 aliphatic rings. The summed E-state index contributed by atoms with van der Waals surface area (Å²) in [6, 6.07) is 1.36. The fourth-order valence-electron chi connectivity index (χ4n) is 2.57. The van der Waals surface area contributed by atoms with Crippen LogP contribution in [0, 0.1) is 17.4 Å². The topological polar surface area (TPSA) is 15.3 Å². The summed E-state index contributed by atoms with van der Waals surface area (Å²) in [6.45, 7) is 2.70. The minimum atomic E-state index is -4.95. The van der Waals surface area contributed by atoms with E-state index < -0.39 is 12.4 Å². The van der Waals surface area contributed by atoms with Crippen LogP contribution >= 0.6 is 22.6 Å². The molecule has 1 N–H and O–H groups in total. The smallest absolute Gasteiger partial charge is 0.445 e. The number of piperazine rings is 1. The Labute approximate surface area is 131 Å². The van der Waals surface area contributed by atoms with Crippen LogP contribution in [0.25, 0.3) is 0 Å². The van der Waals surface area contributed by atoms with Gasteiger partial charge in [-0.15, -0.1) is 5.46 Å². The summed E-state index contributed by atoms with van der Waals surface area (Å²) < 4.78 is 40.2. The lowest BCUT2D eigenvalue weighted by atomic mass is 9.75. The summed E-state index contributed by atoms with van der Waals surface area (Å²) >= 11 is 2.03. The molecule has 2 rings (SSSR count). The molecule has 0 aliphatic carbocycles. The Morgan fingerprint density at radius 2 is 1.80 bits per heavy atom. The van der Waals surface area contributed by atoms with Crippen LogP contribution in [0.15, 0.2) is 6.07 Å². The summed E-state index contributed by atoms with van der Waals surface area (Å²) in [4.78, 5) is 2.21. The number of nitrogens with one attached hydrogen (secondary N) is 1. The molecule has 20 heavy (non-hydrogen) atoms. The fourth-order valence-corrected chi connectivity index (χ4v) is 3.23. The Kier molecular flexibility index (Phi) is 5.02. The first kappa shape index (κ1) is 16.1. The van der Waals surface area contributed by atoms with Gasteiger partial charge in [-0.1, -0.05) is 11.6 Å². The fraction of sp³-hybridized carbons (Fsp3) is 0.538. The third-order valence-corrected chi connectivity index (χ3v) is 5.48. The zero-order chi connectivity index (χ0) is 14.9. The maximum absolute atomic E-state index is 13.2. The molecule has 1 aromatic rings. The molecule has 1 heterocycles. The van der Waals surface area contributed by atoms with Gasteiger partial charge < -0.3 is 18.3 Å². The third kappa shape index (κ3) is 3.48. The molecule has 1 fully saturated rings. The number of nitrogens with zero attached hydrogens (tertiary/aromatic N) is 1. The van der Waals surface area contributed by atoms with E-state index in [-0.39, 0.29) is 0 Å². The van der Waals surface area contributed by atoms with Crippen molar-refractivity contribution in [1.29, 1.82) is 0 Å². The summed E-state index contributed by atoms with van der Waals surface area (Å²) in [7, 11) is 0. The molecule has 0 bridgehead atoms. The minimum Gasteiger partial charge on any atom is -0.445 e. The number of benzene rings is 1. The molecule has 7 heteroatoms. The van der Waals surface area contributed by atoms with Gasteiger partial charge in [0.1, 0.15) is 0 Å². The standard InChI is InChI=1S/C13H18BF3IN2/c1-9-11(8-20-5-3-19-4-6-20)7-12(14(15,16)17)10(2)13(9)18/h7,19H,3-6,8H2,1-2H3/q-1. The van der Waals surface area contributed by atoms with Gasteiger partial charge in [0.2, 0.25) is 0 Å². The van der Waals surface area contributed by atoms with Gasteiger partial charge in [0.05, 0.1) is 0 Å². The zero-order valence-corrected chi connectivity index (χ0v) is 13.8. The number of rotatable bonds is 3. The molecule has 0 saturated carbocycles. The molecule has 2 nitrogen and oxygen atoms in total. The summed E-state index contributed by atoms with van der Waals surface area (Å²) in [5.41, 5.74) is 1.70. The molecule has 1 aromatic carbocycles. The Morgan fingerprint density at radius 1 is 1.20 bits per heavy atom. The van der Waals surface area contributed by atoms with E-state index in [1.54, 1.807) is 6.92 Å². The Hall–Kier alpha value is -0.275. The van der Waals surface area contributed by atoms with Crippen molar-refractivity contribution in [3.05, 3.63) is 26.3 Å². The van der Waals surface area contributed by atoms with Crippen molar-refractivity contribution in [2.45, 2.75) is 20.4 Å². The van der Waals surface area contributed by atoms with E-state index in [1.165, 1.54) is 6.07 Å². The largest absolute Gasteiger partial charge is 0.509 e. The first-order valence-corrected chi connectivity index (χ1v) is 7.80. The van der Waals surface area contributed by atoms with E-state index in [9.17, 15) is 12.9 Å². The van der Waals surface area contributed by atoms with Gasteiger partial charge in [-0.3, -0.25) is 4.90 Å². The van der Waals surface area contributed by atoms with Crippen molar-refractivity contribution in [1.82, 2.24) is 10.2 Å². The minimum absolute atomic E-state index is 0.361. The average molecular weight is 397 g/mol. The van der Waals surface area contributed by atoms with Gasteiger partial charge in [-0.2, -0.15) is 0 Å². The van der Waals surface area contributed by atoms with Crippen LogP contribution in [0.1, 0.15) is 16.7 Å². The zero-order valence-electron chi connectivity index (χ0n) is 11.6. The maximum Gasteiger partial charge on any atom is 0.509 e. The Morgan fingerprint density at radius 3 is 2.35 bits per heavy atom. The van der Waals surface area contributed by atoms with E-state index in [1.807, 2.05) is 29.5 Å². The molecule has 0 amide bonds. The first-order chi connectivity index (χ1) is 9.30. The van der Waals surface area contributed by atoms with Crippen LogP contribution in [0.4, 0.5) is 12.9 Å². The monoisotopic (exact) mass is 397 g/mol. The predicted octanol–water partition coefficient (Wildman–Crippen LogP) is 2.37. The molecule has 0 spiro atoms. The van der Waals surface area contributed by atoms with Crippen LogP contribution in [0.2, 0.25) is 0 Å². The van der Waals surface area contributed by atoms with Gasteiger partial charge in [-0.25, -0.2) is 0 Å². The molecular formula is C13H18BF3IN2-. The Bertz CT molecular complexity index is 499. The van der Waals surface area contributed by atoms with Crippen LogP contribution in [-0.4, -0.2) is 38.1 Å². The molecule has 112 valence electrons.